The number of pyridine rings is 1. The zero-order chi connectivity index (χ0) is 14.2. The van der Waals surface area contributed by atoms with E-state index >= 15 is 0 Å². The second kappa shape index (κ2) is 4.78. The number of anilines is 1. The quantitative estimate of drug-likeness (QED) is 0.892. The van der Waals surface area contributed by atoms with Gasteiger partial charge in [-0.25, -0.2) is 9.78 Å². The molecule has 1 heterocycles. The van der Waals surface area contributed by atoms with Gasteiger partial charge in [-0.15, -0.1) is 0 Å². The van der Waals surface area contributed by atoms with Crippen LogP contribution < -0.4 is 5.32 Å². The zero-order valence-electron chi connectivity index (χ0n) is 11.5. The van der Waals surface area contributed by atoms with Gasteiger partial charge in [-0.05, 0) is 30.4 Å². The molecule has 1 aliphatic rings. The van der Waals surface area contributed by atoms with Gasteiger partial charge in [0, 0.05) is 11.9 Å². The number of aromatic nitrogens is 1. The van der Waals surface area contributed by atoms with E-state index in [1.54, 1.807) is 12.1 Å². The number of hydrogen-bond acceptors (Lipinski definition) is 3. The highest BCUT2D eigenvalue weighted by molar-refractivity contribution is 6.03. The van der Waals surface area contributed by atoms with Crippen LogP contribution in [0.25, 0.3) is 10.9 Å². The molecule has 1 aromatic heterocycles. The maximum absolute atomic E-state index is 11.4. The number of hydrogen-bond donors (Lipinski definition) is 2. The highest BCUT2D eigenvalue weighted by Gasteiger charge is 2.31. The van der Waals surface area contributed by atoms with Crippen LogP contribution in [0.4, 0.5) is 5.82 Å². The van der Waals surface area contributed by atoms with Gasteiger partial charge >= 0.3 is 5.97 Å². The number of nitrogens with one attached hydrogen (secondary N) is 1. The van der Waals surface area contributed by atoms with Gasteiger partial charge in [0.25, 0.3) is 0 Å². The number of fused-ring (bicyclic) bond motifs is 1. The Kier molecular flexibility index (Phi) is 3.08. The highest BCUT2D eigenvalue weighted by atomic mass is 16.4. The molecule has 0 radical (unpaired) electrons. The average Bonchev–Trinajstić information content (AvgIpc) is 2.42. The summed E-state index contributed by atoms with van der Waals surface area (Å²) < 4.78 is 0. The Morgan fingerprint density at radius 3 is 2.80 bits per heavy atom. The minimum atomic E-state index is -0.915. The summed E-state index contributed by atoms with van der Waals surface area (Å²) in [5.74, 6) is -0.268. The second-order valence-corrected chi connectivity index (χ2v) is 5.90. The van der Waals surface area contributed by atoms with Gasteiger partial charge < -0.3 is 10.4 Å². The van der Waals surface area contributed by atoms with Crippen LogP contribution in [0.2, 0.25) is 0 Å². The van der Waals surface area contributed by atoms with Crippen LogP contribution in [0.3, 0.4) is 0 Å². The Bertz CT molecular complexity index is 663. The van der Waals surface area contributed by atoms with E-state index in [-0.39, 0.29) is 0 Å². The predicted molar refractivity (Wildman–Crippen MR) is 79.2 cm³/mol. The van der Waals surface area contributed by atoms with Crippen molar-refractivity contribution in [3.63, 3.8) is 0 Å². The summed E-state index contributed by atoms with van der Waals surface area (Å²) in [5, 5.41) is 13.3. The SMILES string of the molecule is CC1(CNc2cc(C(=O)O)c3ccccc3n2)CCC1. The van der Waals surface area contributed by atoms with Crippen LogP contribution in [0.15, 0.2) is 30.3 Å². The Labute approximate surface area is 117 Å². The molecule has 1 saturated carbocycles. The molecule has 0 bridgehead atoms. The van der Waals surface area contributed by atoms with Gasteiger partial charge in [0.2, 0.25) is 0 Å². The van der Waals surface area contributed by atoms with Crippen molar-refractivity contribution in [2.24, 2.45) is 5.41 Å². The molecule has 0 saturated heterocycles. The summed E-state index contributed by atoms with van der Waals surface area (Å²) in [7, 11) is 0. The lowest BCUT2D eigenvalue weighted by Crippen LogP contribution is -2.33. The molecule has 0 amide bonds. The van der Waals surface area contributed by atoms with Gasteiger partial charge in [0.1, 0.15) is 5.82 Å². The van der Waals surface area contributed by atoms with Crippen LogP contribution in [0.1, 0.15) is 36.5 Å². The molecular formula is C16H18N2O2. The van der Waals surface area contributed by atoms with Crippen molar-refractivity contribution in [3.05, 3.63) is 35.9 Å². The summed E-state index contributed by atoms with van der Waals surface area (Å²) in [6, 6.07) is 8.98. The highest BCUT2D eigenvalue weighted by Crippen LogP contribution is 2.40. The number of aromatic carboxylic acids is 1. The number of benzene rings is 1. The van der Waals surface area contributed by atoms with Crippen LogP contribution in [-0.2, 0) is 0 Å². The van der Waals surface area contributed by atoms with Crippen molar-refractivity contribution in [2.75, 3.05) is 11.9 Å². The van der Waals surface area contributed by atoms with Gasteiger partial charge in [-0.3, -0.25) is 0 Å². The van der Waals surface area contributed by atoms with Crippen molar-refractivity contribution in [1.82, 2.24) is 4.98 Å². The fourth-order valence-electron chi connectivity index (χ4n) is 2.70. The topological polar surface area (TPSA) is 62.2 Å². The summed E-state index contributed by atoms with van der Waals surface area (Å²) >= 11 is 0. The van der Waals surface area contributed by atoms with Crippen LogP contribution in [0.5, 0.6) is 0 Å². The number of para-hydroxylation sites is 1. The lowest BCUT2D eigenvalue weighted by Gasteiger charge is -2.38. The molecule has 2 N–H and O–H groups in total. The molecular weight excluding hydrogens is 252 g/mol. The molecule has 3 rings (SSSR count). The maximum Gasteiger partial charge on any atom is 0.336 e. The third-order valence-corrected chi connectivity index (χ3v) is 4.20. The van der Waals surface area contributed by atoms with Crippen LogP contribution in [-0.4, -0.2) is 22.6 Å². The fraction of sp³-hybridized carbons (Fsp3) is 0.375. The molecule has 4 heteroatoms. The Morgan fingerprint density at radius 2 is 2.15 bits per heavy atom. The van der Waals surface area contributed by atoms with Crippen LogP contribution in [0, 0.1) is 5.41 Å². The molecule has 1 aliphatic carbocycles. The van der Waals surface area contributed by atoms with Crippen molar-refractivity contribution in [1.29, 1.82) is 0 Å². The Hall–Kier alpha value is -2.10. The summed E-state index contributed by atoms with van der Waals surface area (Å²) in [6.45, 7) is 3.10. The first-order valence-corrected chi connectivity index (χ1v) is 6.94. The molecule has 1 aromatic carbocycles. The number of carboxylic acids is 1. The van der Waals surface area contributed by atoms with Gasteiger partial charge in [-0.1, -0.05) is 31.5 Å². The number of carboxylic acid groups (broad SMARTS) is 1. The van der Waals surface area contributed by atoms with Crippen molar-refractivity contribution >= 4 is 22.7 Å². The van der Waals surface area contributed by atoms with E-state index in [4.69, 9.17) is 0 Å². The molecule has 2 aromatic rings. The first-order valence-electron chi connectivity index (χ1n) is 6.94. The van der Waals surface area contributed by atoms with E-state index in [9.17, 15) is 9.90 Å². The summed E-state index contributed by atoms with van der Waals surface area (Å²) in [5.41, 5.74) is 1.35. The van der Waals surface area contributed by atoms with E-state index in [1.807, 2.05) is 18.2 Å². The molecule has 1 fully saturated rings. The van der Waals surface area contributed by atoms with E-state index in [0.717, 1.165) is 6.54 Å². The molecule has 0 spiro atoms. The molecule has 104 valence electrons. The number of rotatable bonds is 4. The van der Waals surface area contributed by atoms with E-state index < -0.39 is 5.97 Å². The summed E-state index contributed by atoms with van der Waals surface area (Å²) in [6.07, 6.45) is 3.72. The van der Waals surface area contributed by atoms with Crippen molar-refractivity contribution in [3.8, 4) is 0 Å². The predicted octanol–water partition coefficient (Wildman–Crippen LogP) is 3.54. The molecule has 0 atom stereocenters. The van der Waals surface area contributed by atoms with Gasteiger partial charge in [-0.2, -0.15) is 0 Å². The molecule has 4 nitrogen and oxygen atoms in total. The van der Waals surface area contributed by atoms with Gasteiger partial charge in [0.15, 0.2) is 0 Å². The lowest BCUT2D eigenvalue weighted by molar-refractivity contribution is 0.0699. The van der Waals surface area contributed by atoms with Crippen LogP contribution >= 0.6 is 0 Å². The first-order chi connectivity index (χ1) is 9.57. The third kappa shape index (κ3) is 2.33. The third-order valence-electron chi connectivity index (χ3n) is 4.20. The molecule has 20 heavy (non-hydrogen) atoms. The maximum atomic E-state index is 11.4. The smallest absolute Gasteiger partial charge is 0.336 e. The van der Waals surface area contributed by atoms with E-state index in [0.29, 0.717) is 27.7 Å². The molecule has 0 unspecified atom stereocenters. The Morgan fingerprint density at radius 1 is 1.40 bits per heavy atom. The minimum Gasteiger partial charge on any atom is -0.478 e. The lowest BCUT2D eigenvalue weighted by atomic mass is 9.70. The number of nitrogens with zero attached hydrogens (tertiary/aromatic N) is 1. The number of carbonyl (C=O) groups is 1. The zero-order valence-corrected chi connectivity index (χ0v) is 11.5. The Balaban J connectivity index is 1.93. The van der Waals surface area contributed by atoms with E-state index in [2.05, 4.69) is 17.2 Å². The first kappa shape index (κ1) is 12.9. The van der Waals surface area contributed by atoms with Crippen molar-refractivity contribution in [2.45, 2.75) is 26.2 Å². The van der Waals surface area contributed by atoms with Crippen molar-refractivity contribution < 1.29 is 9.90 Å². The average molecular weight is 270 g/mol. The second-order valence-electron chi connectivity index (χ2n) is 5.90. The van der Waals surface area contributed by atoms with Gasteiger partial charge in [0.05, 0.1) is 11.1 Å². The van der Waals surface area contributed by atoms with E-state index in [1.165, 1.54) is 19.3 Å². The molecule has 0 aliphatic heterocycles. The standard InChI is InChI=1S/C16H18N2O2/c1-16(7-4-8-16)10-17-14-9-12(15(19)20)11-5-2-3-6-13(11)18-14/h2-3,5-6,9H,4,7-8,10H2,1H3,(H,17,18)(H,19,20). The fourth-order valence-corrected chi connectivity index (χ4v) is 2.70. The normalized spacial score (nSPS) is 16.6. The summed E-state index contributed by atoms with van der Waals surface area (Å²) in [4.78, 5) is 15.9. The monoisotopic (exact) mass is 270 g/mol. The minimum absolute atomic E-state index is 0.303. The largest absolute Gasteiger partial charge is 0.478 e.